The fraction of sp³-hybridized carbons (Fsp3) is 0.231. The van der Waals surface area contributed by atoms with Crippen molar-refractivity contribution in [1.29, 1.82) is 0 Å². The Kier molecular flexibility index (Phi) is 2.50. The normalized spacial score (nSPS) is 19.1. The molecule has 78 valence electrons. The molecule has 0 atom stereocenters. The molecule has 1 aromatic carbocycles. The fourth-order valence-electron chi connectivity index (χ4n) is 1.71. The van der Waals surface area contributed by atoms with Crippen LogP contribution in [0.1, 0.15) is 12.5 Å². The summed E-state index contributed by atoms with van der Waals surface area (Å²) >= 11 is 0. The third-order valence-electron chi connectivity index (χ3n) is 2.74. The van der Waals surface area contributed by atoms with Crippen molar-refractivity contribution >= 4 is 5.76 Å². The molecule has 0 amide bonds. The number of aliphatic hydroxyl groups excluding tert-OH is 1. The Labute approximate surface area is 90.2 Å². The summed E-state index contributed by atoms with van der Waals surface area (Å²) in [6.45, 7) is 2.83. The first-order chi connectivity index (χ1) is 7.18. The minimum absolute atomic E-state index is 0.388. The van der Waals surface area contributed by atoms with Gasteiger partial charge in [-0.2, -0.15) is 0 Å². The summed E-state index contributed by atoms with van der Waals surface area (Å²) in [5.74, 6) is 0.388. The lowest BCUT2D eigenvalue weighted by atomic mass is 10.1. The second-order valence-electron chi connectivity index (χ2n) is 3.88. The summed E-state index contributed by atoms with van der Waals surface area (Å²) in [6.07, 6.45) is 2.03. The minimum atomic E-state index is 0.388. The molecule has 2 nitrogen and oxygen atoms in total. The molecule has 2 rings (SSSR count). The standard InChI is InChI=1S/C13H15NO/c1-10-8-12(9-14(10)2)13(15)11-6-4-3-5-7-11/h3-8,15H,9H2,1-2H3. The average molecular weight is 201 g/mol. The van der Waals surface area contributed by atoms with Crippen molar-refractivity contribution in [2.75, 3.05) is 13.6 Å². The fourth-order valence-corrected chi connectivity index (χ4v) is 1.71. The van der Waals surface area contributed by atoms with E-state index in [-0.39, 0.29) is 0 Å². The lowest BCUT2D eigenvalue weighted by Crippen LogP contribution is -2.12. The third kappa shape index (κ3) is 1.89. The van der Waals surface area contributed by atoms with Gasteiger partial charge >= 0.3 is 0 Å². The van der Waals surface area contributed by atoms with E-state index >= 15 is 0 Å². The highest BCUT2D eigenvalue weighted by Crippen LogP contribution is 2.24. The number of nitrogens with zero attached hydrogens (tertiary/aromatic N) is 1. The number of hydrogen-bond acceptors (Lipinski definition) is 2. The number of allylic oxidation sites excluding steroid dienone is 1. The van der Waals surface area contributed by atoms with Gasteiger partial charge in [0.15, 0.2) is 0 Å². The average Bonchev–Trinajstić information content (AvgIpc) is 2.59. The number of aliphatic hydroxyl groups is 1. The van der Waals surface area contributed by atoms with Gasteiger partial charge in [0.2, 0.25) is 0 Å². The van der Waals surface area contributed by atoms with Crippen molar-refractivity contribution in [3.05, 3.63) is 53.2 Å². The zero-order valence-electron chi connectivity index (χ0n) is 9.07. The quantitative estimate of drug-likeness (QED) is 0.706. The minimum Gasteiger partial charge on any atom is -0.507 e. The molecule has 0 aromatic heterocycles. The van der Waals surface area contributed by atoms with Gasteiger partial charge in [0.05, 0.1) is 0 Å². The van der Waals surface area contributed by atoms with Gasteiger partial charge < -0.3 is 10.0 Å². The van der Waals surface area contributed by atoms with Crippen LogP contribution >= 0.6 is 0 Å². The first-order valence-corrected chi connectivity index (χ1v) is 5.05. The summed E-state index contributed by atoms with van der Waals surface area (Å²) in [7, 11) is 2.02. The molecular formula is C13H15NO. The predicted molar refractivity (Wildman–Crippen MR) is 62.4 cm³/mol. The van der Waals surface area contributed by atoms with Gasteiger partial charge in [-0.05, 0) is 13.0 Å². The highest BCUT2D eigenvalue weighted by Gasteiger charge is 2.15. The van der Waals surface area contributed by atoms with Gasteiger partial charge in [0, 0.05) is 30.4 Å². The summed E-state index contributed by atoms with van der Waals surface area (Å²) < 4.78 is 0. The summed E-state index contributed by atoms with van der Waals surface area (Å²) in [5, 5.41) is 10.1. The highest BCUT2D eigenvalue weighted by molar-refractivity contribution is 5.65. The van der Waals surface area contributed by atoms with Gasteiger partial charge in [0.1, 0.15) is 5.76 Å². The van der Waals surface area contributed by atoms with E-state index in [2.05, 4.69) is 4.90 Å². The molecule has 0 spiro atoms. The Bertz CT molecular complexity index is 417. The molecular weight excluding hydrogens is 186 g/mol. The van der Waals surface area contributed by atoms with Crippen LogP contribution in [0.5, 0.6) is 0 Å². The maximum Gasteiger partial charge on any atom is 0.127 e. The van der Waals surface area contributed by atoms with E-state index in [0.717, 1.165) is 17.7 Å². The van der Waals surface area contributed by atoms with Crippen LogP contribution in [0.3, 0.4) is 0 Å². The molecule has 1 aromatic rings. The molecule has 0 unspecified atom stereocenters. The van der Waals surface area contributed by atoms with E-state index < -0.39 is 0 Å². The van der Waals surface area contributed by atoms with Crippen LogP contribution in [0, 0.1) is 0 Å². The molecule has 0 fully saturated rings. The molecule has 1 aliphatic heterocycles. The molecule has 0 aliphatic carbocycles. The first-order valence-electron chi connectivity index (χ1n) is 5.05. The first kappa shape index (κ1) is 9.84. The van der Waals surface area contributed by atoms with Crippen LogP contribution < -0.4 is 0 Å². The molecule has 1 heterocycles. The van der Waals surface area contributed by atoms with E-state index in [0.29, 0.717) is 5.76 Å². The molecule has 2 heteroatoms. The number of benzene rings is 1. The van der Waals surface area contributed by atoms with Crippen molar-refractivity contribution in [3.63, 3.8) is 0 Å². The van der Waals surface area contributed by atoms with Gasteiger partial charge in [-0.1, -0.05) is 30.3 Å². The SMILES string of the molecule is CC1=CC(=C(O)c2ccccc2)CN1C. The lowest BCUT2D eigenvalue weighted by Gasteiger charge is -2.11. The Balaban J connectivity index is 2.36. The Morgan fingerprint density at radius 3 is 2.47 bits per heavy atom. The molecule has 0 bridgehead atoms. The van der Waals surface area contributed by atoms with Crippen LogP contribution in [0.15, 0.2) is 47.7 Å². The van der Waals surface area contributed by atoms with Crippen LogP contribution in [0.2, 0.25) is 0 Å². The smallest absolute Gasteiger partial charge is 0.127 e. The zero-order valence-corrected chi connectivity index (χ0v) is 9.07. The van der Waals surface area contributed by atoms with Crippen molar-refractivity contribution in [2.24, 2.45) is 0 Å². The monoisotopic (exact) mass is 201 g/mol. The summed E-state index contributed by atoms with van der Waals surface area (Å²) in [5.41, 5.74) is 3.06. The highest BCUT2D eigenvalue weighted by atomic mass is 16.3. The van der Waals surface area contributed by atoms with Crippen LogP contribution in [-0.2, 0) is 0 Å². The van der Waals surface area contributed by atoms with Gasteiger partial charge in [-0.25, -0.2) is 0 Å². The Hall–Kier alpha value is -1.70. The van der Waals surface area contributed by atoms with Crippen molar-refractivity contribution in [1.82, 2.24) is 4.90 Å². The van der Waals surface area contributed by atoms with E-state index in [9.17, 15) is 5.11 Å². The molecule has 1 aliphatic rings. The van der Waals surface area contributed by atoms with Crippen LogP contribution in [-0.4, -0.2) is 23.6 Å². The maximum atomic E-state index is 10.1. The number of rotatable bonds is 1. The van der Waals surface area contributed by atoms with Crippen LogP contribution in [0.25, 0.3) is 5.76 Å². The Morgan fingerprint density at radius 1 is 1.27 bits per heavy atom. The van der Waals surface area contributed by atoms with Crippen molar-refractivity contribution < 1.29 is 5.11 Å². The second-order valence-corrected chi connectivity index (χ2v) is 3.88. The van der Waals surface area contributed by atoms with Gasteiger partial charge in [-0.15, -0.1) is 0 Å². The molecule has 0 radical (unpaired) electrons. The van der Waals surface area contributed by atoms with Gasteiger partial charge in [-0.3, -0.25) is 0 Å². The predicted octanol–water partition coefficient (Wildman–Crippen LogP) is 2.80. The number of hydrogen-bond donors (Lipinski definition) is 1. The van der Waals surface area contributed by atoms with Crippen molar-refractivity contribution in [2.45, 2.75) is 6.92 Å². The topological polar surface area (TPSA) is 23.5 Å². The van der Waals surface area contributed by atoms with E-state index in [1.54, 1.807) is 0 Å². The molecule has 1 N–H and O–H groups in total. The third-order valence-corrected chi connectivity index (χ3v) is 2.74. The van der Waals surface area contributed by atoms with Crippen LogP contribution in [0.4, 0.5) is 0 Å². The lowest BCUT2D eigenvalue weighted by molar-refractivity contribution is 0.468. The van der Waals surface area contributed by atoms with E-state index in [1.807, 2.05) is 50.4 Å². The van der Waals surface area contributed by atoms with Crippen molar-refractivity contribution in [3.8, 4) is 0 Å². The van der Waals surface area contributed by atoms with E-state index in [4.69, 9.17) is 0 Å². The molecule has 15 heavy (non-hydrogen) atoms. The molecule has 0 saturated heterocycles. The van der Waals surface area contributed by atoms with E-state index in [1.165, 1.54) is 5.70 Å². The summed E-state index contributed by atoms with van der Waals surface area (Å²) in [4.78, 5) is 2.12. The van der Waals surface area contributed by atoms with Gasteiger partial charge in [0.25, 0.3) is 0 Å². The largest absolute Gasteiger partial charge is 0.507 e. The maximum absolute atomic E-state index is 10.1. The Morgan fingerprint density at radius 2 is 1.93 bits per heavy atom. The number of likely N-dealkylation sites (N-methyl/N-ethyl adjacent to an activating group) is 1. The summed E-state index contributed by atoms with van der Waals surface area (Å²) in [6, 6.07) is 9.65. The molecule has 0 saturated carbocycles. The second kappa shape index (κ2) is 3.81. The zero-order chi connectivity index (χ0) is 10.8.